The fraction of sp³-hybridized carbons (Fsp3) is 0.786. The first-order valence-corrected chi connectivity index (χ1v) is 7.07. The summed E-state index contributed by atoms with van der Waals surface area (Å²) in [4.78, 5) is 0. The molecule has 1 aliphatic heterocycles. The number of halogens is 2. The lowest BCUT2D eigenvalue weighted by Gasteiger charge is -2.36. The molecule has 3 nitrogen and oxygen atoms in total. The maximum absolute atomic E-state index is 12.9. The van der Waals surface area contributed by atoms with Crippen LogP contribution in [0.1, 0.15) is 56.5 Å². The van der Waals surface area contributed by atoms with Crippen molar-refractivity contribution in [1.82, 2.24) is 9.78 Å². The summed E-state index contributed by atoms with van der Waals surface area (Å²) in [5.41, 5.74) is 1.97. The molecule has 108 valence electrons. The van der Waals surface area contributed by atoms with E-state index in [1.54, 1.807) is 0 Å². The van der Waals surface area contributed by atoms with Gasteiger partial charge in [0.15, 0.2) is 0 Å². The number of ether oxygens (including phenoxy) is 1. The van der Waals surface area contributed by atoms with E-state index in [0.29, 0.717) is 12.5 Å². The Kier molecular flexibility index (Phi) is 4.23. The monoisotopic (exact) mass is 272 g/mol. The molecule has 3 rings (SSSR count). The third-order valence-electron chi connectivity index (χ3n) is 3.65. The fourth-order valence-corrected chi connectivity index (χ4v) is 2.70. The van der Waals surface area contributed by atoms with Crippen LogP contribution in [-0.4, -0.2) is 28.9 Å². The van der Waals surface area contributed by atoms with Crippen molar-refractivity contribution in [3.63, 3.8) is 0 Å². The molecule has 1 unspecified atom stereocenters. The first kappa shape index (κ1) is 14.4. The molecule has 1 atom stereocenters. The number of nitrogens with zero attached hydrogens (tertiary/aromatic N) is 2. The Balaban J connectivity index is 0.000000637. The molecule has 1 saturated heterocycles. The van der Waals surface area contributed by atoms with Crippen molar-refractivity contribution in [3.05, 3.63) is 17.5 Å². The van der Waals surface area contributed by atoms with E-state index >= 15 is 0 Å². The predicted molar refractivity (Wildman–Crippen MR) is 69.7 cm³/mol. The number of aryl methyl sites for hydroxylation is 1. The van der Waals surface area contributed by atoms with E-state index < -0.39 is 5.92 Å². The zero-order chi connectivity index (χ0) is 14.0. The van der Waals surface area contributed by atoms with Crippen LogP contribution >= 0.6 is 0 Å². The summed E-state index contributed by atoms with van der Waals surface area (Å²) in [6, 6.07) is 1.88. The molecule has 0 spiro atoms. The van der Waals surface area contributed by atoms with Crippen molar-refractivity contribution < 1.29 is 13.5 Å². The van der Waals surface area contributed by atoms with Crippen molar-refractivity contribution in [3.8, 4) is 0 Å². The SMILES string of the molecule is CC.Cc1cc(C2CCOC2)n(C2CC(F)(F)C2)n1. The van der Waals surface area contributed by atoms with Crippen LogP contribution in [0.2, 0.25) is 0 Å². The topological polar surface area (TPSA) is 27.1 Å². The Hall–Kier alpha value is -0.970. The fourth-order valence-electron chi connectivity index (χ4n) is 2.70. The van der Waals surface area contributed by atoms with Gasteiger partial charge >= 0.3 is 0 Å². The second-order valence-corrected chi connectivity index (χ2v) is 5.13. The minimum absolute atomic E-state index is 0.0747. The summed E-state index contributed by atoms with van der Waals surface area (Å²) in [7, 11) is 0. The molecular weight excluding hydrogens is 250 g/mol. The summed E-state index contributed by atoms with van der Waals surface area (Å²) >= 11 is 0. The van der Waals surface area contributed by atoms with Crippen LogP contribution in [0.4, 0.5) is 8.78 Å². The van der Waals surface area contributed by atoms with Gasteiger partial charge in [-0.05, 0) is 19.4 Å². The van der Waals surface area contributed by atoms with E-state index in [1.165, 1.54) is 0 Å². The maximum Gasteiger partial charge on any atom is 0.252 e. The molecule has 1 saturated carbocycles. The summed E-state index contributed by atoms with van der Waals surface area (Å²) < 4.78 is 33.0. The quantitative estimate of drug-likeness (QED) is 0.821. The van der Waals surface area contributed by atoms with Gasteiger partial charge in [-0.3, -0.25) is 4.68 Å². The zero-order valence-corrected chi connectivity index (χ0v) is 11.8. The van der Waals surface area contributed by atoms with E-state index in [1.807, 2.05) is 31.5 Å². The summed E-state index contributed by atoms with van der Waals surface area (Å²) in [6.45, 7) is 7.36. The number of rotatable bonds is 2. The van der Waals surface area contributed by atoms with Crippen LogP contribution in [0.25, 0.3) is 0 Å². The van der Waals surface area contributed by atoms with Crippen LogP contribution in [0.3, 0.4) is 0 Å². The third-order valence-corrected chi connectivity index (χ3v) is 3.65. The van der Waals surface area contributed by atoms with Crippen LogP contribution in [0.15, 0.2) is 6.07 Å². The average molecular weight is 272 g/mol. The molecule has 2 aliphatic rings. The standard InChI is InChI=1S/C12H16F2N2O.C2H6/c1-8-4-11(9-2-3-17-7-9)16(15-8)10-5-12(13,14)6-10;1-2/h4,9-10H,2-3,5-7H2,1H3;1-2H3. The molecule has 0 amide bonds. The smallest absolute Gasteiger partial charge is 0.252 e. The number of hydrogen-bond donors (Lipinski definition) is 0. The molecule has 0 bridgehead atoms. The lowest BCUT2D eigenvalue weighted by Crippen LogP contribution is -2.38. The minimum Gasteiger partial charge on any atom is -0.381 e. The van der Waals surface area contributed by atoms with Gasteiger partial charge in [-0.15, -0.1) is 0 Å². The Bertz CT molecular complexity index is 417. The molecule has 2 heterocycles. The Morgan fingerprint density at radius 2 is 2.05 bits per heavy atom. The van der Waals surface area contributed by atoms with Crippen LogP contribution in [0, 0.1) is 6.92 Å². The highest BCUT2D eigenvalue weighted by Gasteiger charge is 2.47. The normalized spacial score (nSPS) is 25.6. The van der Waals surface area contributed by atoms with Crippen LogP contribution in [-0.2, 0) is 4.74 Å². The van der Waals surface area contributed by atoms with E-state index in [9.17, 15) is 8.78 Å². The van der Waals surface area contributed by atoms with Crippen molar-refractivity contribution >= 4 is 0 Å². The van der Waals surface area contributed by atoms with Gasteiger partial charge in [0.2, 0.25) is 0 Å². The highest BCUT2D eigenvalue weighted by Crippen LogP contribution is 2.46. The van der Waals surface area contributed by atoms with Gasteiger partial charge < -0.3 is 4.74 Å². The molecule has 5 heteroatoms. The molecular formula is C14H22F2N2O. The molecule has 2 fully saturated rings. The molecule has 0 N–H and O–H groups in total. The largest absolute Gasteiger partial charge is 0.381 e. The van der Waals surface area contributed by atoms with Crippen molar-refractivity contribution in [2.24, 2.45) is 0 Å². The lowest BCUT2D eigenvalue weighted by molar-refractivity contribution is -0.107. The minimum atomic E-state index is -2.49. The predicted octanol–water partition coefficient (Wildman–Crippen LogP) is 3.69. The van der Waals surface area contributed by atoms with Gasteiger partial charge in [0.1, 0.15) is 0 Å². The highest BCUT2D eigenvalue weighted by atomic mass is 19.3. The molecule has 19 heavy (non-hydrogen) atoms. The Morgan fingerprint density at radius 3 is 2.58 bits per heavy atom. The lowest BCUT2D eigenvalue weighted by atomic mass is 9.87. The molecule has 0 radical (unpaired) electrons. The van der Waals surface area contributed by atoms with E-state index in [-0.39, 0.29) is 18.9 Å². The number of hydrogen-bond acceptors (Lipinski definition) is 2. The summed E-state index contributed by atoms with van der Waals surface area (Å²) in [5, 5.41) is 4.37. The van der Waals surface area contributed by atoms with Gasteiger partial charge in [0, 0.05) is 31.1 Å². The Morgan fingerprint density at radius 1 is 1.37 bits per heavy atom. The Labute approximate surface area is 112 Å². The molecule has 0 aromatic carbocycles. The summed E-state index contributed by atoms with van der Waals surface area (Å²) in [6.07, 6.45) is 0.817. The second-order valence-electron chi connectivity index (χ2n) is 5.13. The van der Waals surface area contributed by atoms with Crippen LogP contribution in [0.5, 0.6) is 0 Å². The number of alkyl halides is 2. The first-order chi connectivity index (χ1) is 9.05. The maximum atomic E-state index is 12.9. The van der Waals surface area contributed by atoms with Gasteiger partial charge in [0.05, 0.1) is 18.3 Å². The van der Waals surface area contributed by atoms with Gasteiger partial charge in [0.25, 0.3) is 5.92 Å². The van der Waals surface area contributed by atoms with Gasteiger partial charge in [-0.1, -0.05) is 13.8 Å². The first-order valence-electron chi connectivity index (χ1n) is 7.07. The third kappa shape index (κ3) is 2.96. The van der Waals surface area contributed by atoms with Crippen molar-refractivity contribution in [1.29, 1.82) is 0 Å². The highest BCUT2D eigenvalue weighted by molar-refractivity contribution is 5.17. The number of aromatic nitrogens is 2. The summed E-state index contributed by atoms with van der Waals surface area (Å²) in [5.74, 6) is -2.17. The van der Waals surface area contributed by atoms with Gasteiger partial charge in [-0.25, -0.2) is 8.78 Å². The molecule has 1 aromatic heterocycles. The van der Waals surface area contributed by atoms with Crippen molar-refractivity contribution in [2.75, 3.05) is 13.2 Å². The van der Waals surface area contributed by atoms with Gasteiger partial charge in [-0.2, -0.15) is 5.10 Å². The zero-order valence-electron chi connectivity index (χ0n) is 11.8. The molecule has 1 aliphatic carbocycles. The van der Waals surface area contributed by atoms with Crippen LogP contribution < -0.4 is 0 Å². The van der Waals surface area contributed by atoms with Crippen molar-refractivity contribution in [2.45, 2.75) is 57.9 Å². The van der Waals surface area contributed by atoms with E-state index in [4.69, 9.17) is 4.74 Å². The average Bonchev–Trinajstić information content (AvgIpc) is 2.96. The second kappa shape index (κ2) is 5.57. The molecule has 1 aromatic rings. The van der Waals surface area contributed by atoms with E-state index in [2.05, 4.69) is 5.10 Å². The van der Waals surface area contributed by atoms with E-state index in [0.717, 1.165) is 24.4 Å².